The fourth-order valence-electron chi connectivity index (χ4n) is 1.72. The molecule has 0 atom stereocenters. The Kier molecular flexibility index (Phi) is 4.68. The van der Waals surface area contributed by atoms with Crippen LogP contribution in [0.15, 0.2) is 11.6 Å². The first-order chi connectivity index (χ1) is 8.53. The van der Waals surface area contributed by atoms with E-state index in [0.717, 1.165) is 12.8 Å². The normalized spacial score (nSPS) is 19.4. The van der Waals surface area contributed by atoms with Crippen molar-refractivity contribution in [3.8, 4) is 0 Å². The highest BCUT2D eigenvalue weighted by molar-refractivity contribution is 6.74. The summed E-state index contributed by atoms with van der Waals surface area (Å²) < 4.78 is 6.25. The van der Waals surface area contributed by atoms with Gasteiger partial charge in [0.25, 0.3) is 0 Å². The van der Waals surface area contributed by atoms with Crippen LogP contribution in [0.5, 0.6) is 0 Å². The van der Waals surface area contributed by atoms with E-state index in [9.17, 15) is 4.79 Å². The molecule has 110 valence electrons. The molecule has 4 heteroatoms. The molecule has 0 saturated heterocycles. The Morgan fingerprint density at radius 3 is 2.21 bits per heavy atom. The van der Waals surface area contributed by atoms with Gasteiger partial charge in [-0.05, 0) is 37.4 Å². The van der Waals surface area contributed by atoms with Crippen molar-refractivity contribution in [1.82, 2.24) is 0 Å². The molecule has 0 radical (unpaired) electrons. The fourth-order valence-corrected chi connectivity index (χ4v) is 2.80. The first kappa shape index (κ1) is 16.4. The Bertz CT molecular complexity index is 373. The zero-order valence-electron chi connectivity index (χ0n) is 13.2. The van der Waals surface area contributed by atoms with Crippen LogP contribution in [0.25, 0.3) is 0 Å². The van der Waals surface area contributed by atoms with Gasteiger partial charge in [0.15, 0.2) is 8.32 Å². The van der Waals surface area contributed by atoms with Crippen molar-refractivity contribution in [3.05, 3.63) is 11.6 Å². The second kappa shape index (κ2) is 5.41. The van der Waals surface area contributed by atoms with E-state index in [-0.39, 0.29) is 10.5 Å². The summed E-state index contributed by atoms with van der Waals surface area (Å²) in [5.41, 5.74) is 0.524. The van der Waals surface area contributed by atoms with E-state index in [4.69, 9.17) is 9.53 Å². The largest absolute Gasteiger partial charge is 0.478 e. The molecule has 0 spiro atoms. The second-order valence-corrected chi connectivity index (χ2v) is 12.0. The van der Waals surface area contributed by atoms with Gasteiger partial charge in [0.1, 0.15) is 0 Å². The SMILES string of the molecule is CC/C(=C\C1(CO[Si](C)(C)C(C)(C)C)CC1)C(=O)O. The molecule has 0 aromatic rings. The Balaban J connectivity index is 2.70. The molecular formula is C15H28O3Si. The first-order valence-corrected chi connectivity index (χ1v) is 10.0. The van der Waals surface area contributed by atoms with Gasteiger partial charge in [-0.3, -0.25) is 0 Å². The van der Waals surface area contributed by atoms with Crippen molar-refractivity contribution in [3.63, 3.8) is 0 Å². The summed E-state index contributed by atoms with van der Waals surface area (Å²) in [5.74, 6) is -0.791. The van der Waals surface area contributed by atoms with Crippen LogP contribution in [0, 0.1) is 5.41 Å². The highest BCUT2D eigenvalue weighted by Gasteiger charge is 2.45. The van der Waals surface area contributed by atoms with Gasteiger partial charge in [-0.15, -0.1) is 0 Å². The molecule has 0 bridgehead atoms. The predicted octanol–water partition coefficient (Wildman–Crippen LogP) is 4.21. The summed E-state index contributed by atoms with van der Waals surface area (Å²) in [4.78, 5) is 11.1. The molecule has 1 fully saturated rings. The zero-order valence-corrected chi connectivity index (χ0v) is 14.2. The number of carbonyl (C=O) groups is 1. The van der Waals surface area contributed by atoms with E-state index in [1.807, 2.05) is 13.0 Å². The molecule has 1 rings (SSSR count). The van der Waals surface area contributed by atoms with Crippen LogP contribution in [0.4, 0.5) is 0 Å². The molecule has 0 aromatic heterocycles. The lowest BCUT2D eigenvalue weighted by atomic mass is 10.0. The van der Waals surface area contributed by atoms with Crippen LogP contribution >= 0.6 is 0 Å². The van der Waals surface area contributed by atoms with E-state index < -0.39 is 14.3 Å². The molecule has 0 heterocycles. The minimum atomic E-state index is -1.74. The van der Waals surface area contributed by atoms with Gasteiger partial charge in [-0.1, -0.05) is 33.8 Å². The fraction of sp³-hybridized carbons (Fsp3) is 0.800. The highest BCUT2D eigenvalue weighted by Crippen LogP contribution is 2.50. The average Bonchev–Trinajstić information content (AvgIpc) is 3.02. The molecule has 0 amide bonds. The second-order valence-electron chi connectivity index (χ2n) is 7.24. The molecule has 1 N–H and O–H groups in total. The third-order valence-electron chi connectivity index (χ3n) is 4.55. The molecule has 19 heavy (non-hydrogen) atoms. The summed E-state index contributed by atoms with van der Waals surface area (Å²) in [5, 5.41) is 9.32. The van der Waals surface area contributed by atoms with Gasteiger partial charge in [0, 0.05) is 17.6 Å². The van der Waals surface area contributed by atoms with Crippen molar-refractivity contribution in [1.29, 1.82) is 0 Å². The summed E-state index contributed by atoms with van der Waals surface area (Å²) in [6.07, 6.45) is 4.64. The maximum atomic E-state index is 11.1. The lowest BCUT2D eigenvalue weighted by molar-refractivity contribution is -0.132. The maximum absolute atomic E-state index is 11.1. The van der Waals surface area contributed by atoms with Crippen molar-refractivity contribution in [2.75, 3.05) is 6.61 Å². The minimum absolute atomic E-state index is 0.000741. The Morgan fingerprint density at radius 1 is 1.37 bits per heavy atom. The maximum Gasteiger partial charge on any atom is 0.331 e. The number of aliphatic carboxylic acids is 1. The van der Waals surface area contributed by atoms with Crippen LogP contribution in [0.1, 0.15) is 47.0 Å². The molecule has 0 unspecified atom stereocenters. The number of hydrogen-bond acceptors (Lipinski definition) is 2. The first-order valence-electron chi connectivity index (χ1n) is 7.12. The lowest BCUT2D eigenvalue weighted by Crippen LogP contribution is -2.42. The van der Waals surface area contributed by atoms with Crippen molar-refractivity contribution >= 4 is 14.3 Å². The van der Waals surface area contributed by atoms with Crippen molar-refractivity contribution in [2.45, 2.75) is 65.1 Å². The number of carboxylic acid groups (broad SMARTS) is 1. The highest BCUT2D eigenvalue weighted by atomic mass is 28.4. The van der Waals surface area contributed by atoms with E-state index in [1.54, 1.807) is 0 Å². The van der Waals surface area contributed by atoms with Gasteiger partial charge in [0.05, 0.1) is 0 Å². The van der Waals surface area contributed by atoms with Crippen LogP contribution in [0.2, 0.25) is 18.1 Å². The van der Waals surface area contributed by atoms with E-state index >= 15 is 0 Å². The van der Waals surface area contributed by atoms with Gasteiger partial charge in [-0.2, -0.15) is 0 Å². The van der Waals surface area contributed by atoms with Crippen LogP contribution in [-0.4, -0.2) is 26.0 Å². The molecule has 3 nitrogen and oxygen atoms in total. The Hall–Kier alpha value is -0.613. The van der Waals surface area contributed by atoms with Crippen LogP contribution in [-0.2, 0) is 9.22 Å². The molecule has 1 aliphatic rings. The lowest BCUT2D eigenvalue weighted by Gasteiger charge is -2.37. The van der Waals surface area contributed by atoms with Crippen LogP contribution in [0.3, 0.4) is 0 Å². The average molecular weight is 284 g/mol. The minimum Gasteiger partial charge on any atom is -0.478 e. The molecule has 0 aromatic carbocycles. The standard InChI is InChI=1S/C15H28O3Si/c1-7-12(13(16)17)10-15(8-9-15)11-18-19(5,6)14(2,3)4/h10H,7-9,11H2,1-6H3,(H,16,17)/b12-10+. The summed E-state index contributed by atoms with van der Waals surface area (Å²) >= 11 is 0. The smallest absolute Gasteiger partial charge is 0.331 e. The molecular weight excluding hydrogens is 256 g/mol. The monoisotopic (exact) mass is 284 g/mol. The van der Waals surface area contributed by atoms with Crippen molar-refractivity contribution in [2.24, 2.45) is 5.41 Å². The number of rotatable bonds is 6. The summed E-state index contributed by atoms with van der Waals surface area (Å²) in [6.45, 7) is 13.7. The van der Waals surface area contributed by atoms with E-state index in [2.05, 4.69) is 33.9 Å². The Labute approximate surface area is 118 Å². The zero-order chi connectivity index (χ0) is 14.9. The van der Waals surface area contributed by atoms with E-state index in [0.29, 0.717) is 18.6 Å². The topological polar surface area (TPSA) is 46.5 Å². The van der Waals surface area contributed by atoms with E-state index in [1.165, 1.54) is 0 Å². The van der Waals surface area contributed by atoms with Crippen LogP contribution < -0.4 is 0 Å². The molecule has 1 aliphatic carbocycles. The summed E-state index contributed by atoms with van der Waals surface area (Å²) in [7, 11) is -1.74. The number of carboxylic acids is 1. The van der Waals surface area contributed by atoms with Gasteiger partial charge in [-0.25, -0.2) is 4.79 Å². The number of hydrogen-bond donors (Lipinski definition) is 1. The third kappa shape index (κ3) is 4.18. The Morgan fingerprint density at radius 2 is 1.89 bits per heavy atom. The predicted molar refractivity (Wildman–Crippen MR) is 80.8 cm³/mol. The molecule has 1 saturated carbocycles. The summed E-state index contributed by atoms with van der Waals surface area (Å²) in [6, 6.07) is 0. The quantitative estimate of drug-likeness (QED) is 0.587. The van der Waals surface area contributed by atoms with Gasteiger partial charge >= 0.3 is 5.97 Å². The van der Waals surface area contributed by atoms with Gasteiger partial charge < -0.3 is 9.53 Å². The van der Waals surface area contributed by atoms with Crippen molar-refractivity contribution < 1.29 is 14.3 Å². The van der Waals surface area contributed by atoms with Gasteiger partial charge in [0.2, 0.25) is 0 Å². The third-order valence-corrected chi connectivity index (χ3v) is 9.03. The molecule has 0 aliphatic heterocycles.